The lowest BCUT2D eigenvalue weighted by atomic mass is 9.81. The van der Waals surface area contributed by atoms with E-state index in [4.69, 9.17) is 9.47 Å². The first-order valence-electron chi connectivity index (χ1n) is 12.4. The van der Waals surface area contributed by atoms with Crippen molar-refractivity contribution in [1.82, 2.24) is 10.3 Å². The maximum Gasteiger partial charge on any atom is 0.408 e. The minimum Gasteiger partial charge on any atom is -0.444 e. The van der Waals surface area contributed by atoms with Crippen molar-refractivity contribution in [3.63, 3.8) is 0 Å². The summed E-state index contributed by atoms with van der Waals surface area (Å²) in [6.07, 6.45) is 7.82. The number of carbonyl (C=O) groups is 2. The second-order valence-corrected chi connectivity index (χ2v) is 11.1. The fourth-order valence-corrected chi connectivity index (χ4v) is 5.16. The number of aromatic nitrogens is 1. The van der Waals surface area contributed by atoms with Crippen molar-refractivity contribution in [3.05, 3.63) is 41.3 Å². The molecule has 1 aromatic carbocycles. The Labute approximate surface area is 211 Å². The molecule has 0 radical (unpaired) electrons. The zero-order chi connectivity index (χ0) is 24.8. The summed E-state index contributed by atoms with van der Waals surface area (Å²) >= 11 is 1.36. The van der Waals surface area contributed by atoms with E-state index in [0.29, 0.717) is 5.13 Å². The van der Waals surface area contributed by atoms with E-state index in [-0.39, 0.29) is 12.5 Å². The van der Waals surface area contributed by atoms with Crippen molar-refractivity contribution < 1.29 is 19.1 Å². The Hall–Kier alpha value is -2.71. The average molecular weight is 498 g/mol. The smallest absolute Gasteiger partial charge is 0.408 e. The van der Waals surface area contributed by atoms with Gasteiger partial charge in [0.15, 0.2) is 5.13 Å². The van der Waals surface area contributed by atoms with Crippen LogP contribution in [0.3, 0.4) is 0 Å². The molecule has 8 heteroatoms. The highest BCUT2D eigenvalue weighted by Gasteiger charge is 2.28. The van der Waals surface area contributed by atoms with Crippen LogP contribution in [0.1, 0.15) is 58.4 Å². The van der Waals surface area contributed by atoms with Crippen LogP contribution in [0, 0.1) is 11.8 Å². The van der Waals surface area contributed by atoms with Gasteiger partial charge in [-0.15, -0.1) is 11.3 Å². The average Bonchev–Trinajstić information content (AvgIpc) is 3.20. The summed E-state index contributed by atoms with van der Waals surface area (Å²) in [6, 6.07) is 8.49. The molecule has 1 saturated heterocycles. The number of anilines is 1. The van der Waals surface area contributed by atoms with Gasteiger partial charge in [0.25, 0.3) is 0 Å². The third kappa shape index (κ3) is 7.39. The van der Waals surface area contributed by atoms with Gasteiger partial charge in [0.1, 0.15) is 12.1 Å². The van der Waals surface area contributed by atoms with Crippen LogP contribution in [0.15, 0.2) is 35.7 Å². The zero-order valence-electron chi connectivity index (χ0n) is 20.8. The Morgan fingerprint density at radius 1 is 1.17 bits per heavy atom. The molecular weight excluding hydrogens is 462 g/mol. The Kier molecular flexibility index (Phi) is 8.23. The lowest BCUT2D eigenvalue weighted by Crippen LogP contribution is -2.37. The monoisotopic (exact) mass is 497 g/mol. The van der Waals surface area contributed by atoms with Crippen LogP contribution in [-0.4, -0.2) is 42.3 Å². The molecule has 1 aliphatic heterocycles. The summed E-state index contributed by atoms with van der Waals surface area (Å²) in [4.78, 5) is 28.6. The van der Waals surface area contributed by atoms with Crippen molar-refractivity contribution in [2.45, 2.75) is 58.5 Å². The molecule has 0 spiro atoms. The number of nitrogens with one attached hydrogen (secondary N) is 2. The van der Waals surface area contributed by atoms with Crippen LogP contribution in [0.2, 0.25) is 0 Å². The van der Waals surface area contributed by atoms with Gasteiger partial charge < -0.3 is 20.1 Å². The summed E-state index contributed by atoms with van der Waals surface area (Å²) in [5, 5.41) is 7.64. The Morgan fingerprint density at radius 3 is 2.71 bits per heavy atom. The van der Waals surface area contributed by atoms with E-state index in [1.165, 1.54) is 41.7 Å². The van der Waals surface area contributed by atoms with Crippen molar-refractivity contribution >= 4 is 34.0 Å². The Morgan fingerprint density at radius 2 is 1.97 bits per heavy atom. The summed E-state index contributed by atoms with van der Waals surface area (Å²) in [7, 11) is 0. The summed E-state index contributed by atoms with van der Waals surface area (Å²) in [5.41, 5.74) is 3.89. The first-order valence-corrected chi connectivity index (χ1v) is 13.2. The van der Waals surface area contributed by atoms with Crippen LogP contribution in [0.5, 0.6) is 0 Å². The molecule has 1 unspecified atom stereocenters. The highest BCUT2D eigenvalue weighted by Crippen LogP contribution is 2.35. The number of amides is 2. The molecule has 0 saturated carbocycles. The lowest BCUT2D eigenvalue weighted by molar-refractivity contribution is -0.115. The predicted molar refractivity (Wildman–Crippen MR) is 139 cm³/mol. The first kappa shape index (κ1) is 25.4. The van der Waals surface area contributed by atoms with E-state index in [2.05, 4.69) is 39.9 Å². The number of benzene rings is 1. The van der Waals surface area contributed by atoms with Gasteiger partial charge in [0.2, 0.25) is 5.91 Å². The van der Waals surface area contributed by atoms with E-state index >= 15 is 0 Å². The van der Waals surface area contributed by atoms with Crippen LogP contribution in [0.4, 0.5) is 9.93 Å². The Bertz CT molecular complexity index is 1070. The SMILES string of the molecule is CC(C)(C)OC(=O)NCC(=O)Nc1nc(-c2cccc(/C3=C/CC(C4COC4)CCCC3)c2)cs1. The van der Waals surface area contributed by atoms with Gasteiger partial charge in [0, 0.05) is 16.9 Å². The van der Waals surface area contributed by atoms with Crippen molar-refractivity contribution in [2.24, 2.45) is 11.8 Å². The molecular formula is C27H35N3O4S. The van der Waals surface area contributed by atoms with Gasteiger partial charge in [-0.1, -0.05) is 30.7 Å². The van der Waals surface area contributed by atoms with E-state index < -0.39 is 11.7 Å². The lowest BCUT2D eigenvalue weighted by Gasteiger charge is -2.34. The molecule has 35 heavy (non-hydrogen) atoms. The van der Waals surface area contributed by atoms with Gasteiger partial charge in [-0.05, 0) is 69.6 Å². The van der Waals surface area contributed by atoms with Crippen LogP contribution < -0.4 is 10.6 Å². The third-order valence-corrected chi connectivity index (χ3v) is 7.10. The minimum absolute atomic E-state index is 0.179. The molecule has 1 atom stereocenters. The maximum absolute atomic E-state index is 12.2. The molecule has 1 aliphatic carbocycles. The number of hydrogen-bond donors (Lipinski definition) is 2. The van der Waals surface area contributed by atoms with Gasteiger partial charge in [-0.3, -0.25) is 4.79 Å². The fourth-order valence-electron chi connectivity index (χ4n) is 4.42. The molecule has 2 aromatic rings. The summed E-state index contributed by atoms with van der Waals surface area (Å²) < 4.78 is 10.6. The number of carbonyl (C=O) groups excluding carboxylic acids is 2. The maximum atomic E-state index is 12.2. The second-order valence-electron chi connectivity index (χ2n) is 10.3. The molecule has 1 fully saturated rings. The van der Waals surface area contributed by atoms with Gasteiger partial charge >= 0.3 is 6.09 Å². The van der Waals surface area contributed by atoms with Crippen molar-refractivity contribution in [3.8, 4) is 11.3 Å². The largest absolute Gasteiger partial charge is 0.444 e. The molecule has 4 rings (SSSR count). The highest BCUT2D eigenvalue weighted by molar-refractivity contribution is 7.14. The molecule has 2 heterocycles. The highest BCUT2D eigenvalue weighted by atomic mass is 32.1. The Balaban J connectivity index is 1.37. The number of nitrogens with zero attached hydrogens (tertiary/aromatic N) is 1. The normalized spacial score (nSPS) is 20.5. The molecule has 0 bridgehead atoms. The summed E-state index contributed by atoms with van der Waals surface area (Å²) in [6.45, 7) is 6.98. The van der Waals surface area contributed by atoms with Crippen LogP contribution >= 0.6 is 11.3 Å². The third-order valence-electron chi connectivity index (χ3n) is 6.34. The first-order chi connectivity index (χ1) is 16.8. The van der Waals surface area contributed by atoms with Gasteiger partial charge in [-0.25, -0.2) is 9.78 Å². The number of hydrogen-bond acceptors (Lipinski definition) is 6. The van der Waals surface area contributed by atoms with E-state index in [9.17, 15) is 9.59 Å². The second kappa shape index (κ2) is 11.4. The quantitative estimate of drug-likeness (QED) is 0.520. The van der Waals surface area contributed by atoms with Crippen molar-refractivity contribution in [2.75, 3.05) is 25.1 Å². The number of rotatable bonds is 6. The number of allylic oxidation sites excluding steroid dienone is 2. The van der Waals surface area contributed by atoms with E-state index in [1.807, 2.05) is 11.4 Å². The minimum atomic E-state index is -0.625. The van der Waals surface area contributed by atoms with Gasteiger partial charge in [0.05, 0.1) is 18.9 Å². The summed E-state index contributed by atoms with van der Waals surface area (Å²) in [5.74, 6) is 1.10. The van der Waals surface area contributed by atoms with E-state index in [1.54, 1.807) is 20.8 Å². The fraction of sp³-hybridized carbons (Fsp3) is 0.519. The van der Waals surface area contributed by atoms with Crippen molar-refractivity contribution in [1.29, 1.82) is 0 Å². The number of thiazole rings is 1. The van der Waals surface area contributed by atoms with Gasteiger partial charge in [-0.2, -0.15) is 0 Å². The number of ether oxygens (including phenoxy) is 2. The molecule has 7 nitrogen and oxygen atoms in total. The van der Waals surface area contributed by atoms with E-state index in [0.717, 1.165) is 49.1 Å². The zero-order valence-corrected chi connectivity index (χ0v) is 21.6. The van der Waals surface area contributed by atoms with Crippen LogP contribution in [0.25, 0.3) is 16.8 Å². The molecule has 2 amide bonds. The standard InChI is InChI=1S/C27H35N3O4S/c1-27(2,3)34-26(32)28-14-24(31)30-25-29-23(17-35-25)21-10-6-9-20(13-21)18-7-4-5-8-19(12-11-18)22-15-33-16-22/h6,9-11,13,17,19,22H,4-5,7-8,12,14-16H2,1-3H3,(H,28,32)(H,29,30,31)/b18-11+. The topological polar surface area (TPSA) is 89.5 Å². The predicted octanol–water partition coefficient (Wildman–Crippen LogP) is 5.88. The molecule has 188 valence electrons. The van der Waals surface area contributed by atoms with Crippen LogP contribution in [-0.2, 0) is 14.3 Å². The number of alkyl carbamates (subject to hydrolysis) is 1. The molecule has 1 aromatic heterocycles. The molecule has 2 N–H and O–H groups in total. The molecule has 2 aliphatic rings.